The lowest BCUT2D eigenvalue weighted by atomic mass is 10.1. The smallest absolute Gasteiger partial charge is 0.243 e. The molecule has 0 radical (unpaired) electrons. The summed E-state index contributed by atoms with van der Waals surface area (Å²) in [7, 11) is 0. The first-order chi connectivity index (χ1) is 12.7. The molecule has 1 fully saturated rings. The van der Waals surface area contributed by atoms with Crippen LogP contribution in [0.5, 0.6) is 0 Å². The summed E-state index contributed by atoms with van der Waals surface area (Å²) in [5.41, 5.74) is 6.37. The Bertz CT molecular complexity index is 936. The quantitative estimate of drug-likeness (QED) is 0.567. The minimum Gasteiger partial charge on any atom is -0.273 e. The van der Waals surface area contributed by atoms with Gasteiger partial charge in [0.2, 0.25) is 5.91 Å². The van der Waals surface area contributed by atoms with E-state index in [9.17, 15) is 4.79 Å². The van der Waals surface area contributed by atoms with Crippen LogP contribution >= 0.6 is 0 Å². The van der Waals surface area contributed by atoms with Crippen LogP contribution in [0.25, 0.3) is 5.69 Å². The van der Waals surface area contributed by atoms with Gasteiger partial charge in [-0.1, -0.05) is 42.5 Å². The molecule has 0 bridgehead atoms. The van der Waals surface area contributed by atoms with Gasteiger partial charge in [-0.25, -0.2) is 10.1 Å². The summed E-state index contributed by atoms with van der Waals surface area (Å²) in [4.78, 5) is 12.3. The Morgan fingerprint density at radius 2 is 2.04 bits per heavy atom. The van der Waals surface area contributed by atoms with E-state index in [0.29, 0.717) is 5.92 Å². The molecule has 7 nitrogen and oxygen atoms in total. The molecule has 1 amide bonds. The average Bonchev–Trinajstić information content (AvgIpc) is 3.31. The number of rotatable bonds is 5. The van der Waals surface area contributed by atoms with Gasteiger partial charge >= 0.3 is 0 Å². The van der Waals surface area contributed by atoms with Gasteiger partial charge in [-0.15, -0.1) is 5.10 Å². The lowest BCUT2D eigenvalue weighted by molar-refractivity contribution is -0.122. The number of tetrazole rings is 1. The van der Waals surface area contributed by atoms with Gasteiger partial charge in [0.15, 0.2) is 0 Å². The van der Waals surface area contributed by atoms with Crippen LogP contribution in [0.1, 0.15) is 30.4 Å². The molecule has 2 atom stereocenters. The van der Waals surface area contributed by atoms with Gasteiger partial charge in [0.1, 0.15) is 6.33 Å². The second-order valence-corrected chi connectivity index (χ2v) is 6.34. The Morgan fingerprint density at radius 3 is 2.81 bits per heavy atom. The predicted molar refractivity (Wildman–Crippen MR) is 96.8 cm³/mol. The van der Waals surface area contributed by atoms with Gasteiger partial charge in [-0.2, -0.15) is 5.10 Å². The van der Waals surface area contributed by atoms with E-state index in [1.165, 1.54) is 11.9 Å². The minimum atomic E-state index is -0.0326. The molecule has 26 heavy (non-hydrogen) atoms. The number of carbonyl (C=O) groups is 1. The molecule has 4 rings (SSSR count). The fourth-order valence-electron chi connectivity index (χ4n) is 2.99. The zero-order chi connectivity index (χ0) is 17.9. The summed E-state index contributed by atoms with van der Waals surface area (Å²) >= 11 is 0. The molecule has 0 unspecified atom stereocenters. The van der Waals surface area contributed by atoms with Crippen LogP contribution in [0, 0.1) is 5.92 Å². The third-order valence-electron chi connectivity index (χ3n) is 4.57. The number of hydrogen-bond acceptors (Lipinski definition) is 5. The fourth-order valence-corrected chi connectivity index (χ4v) is 2.99. The van der Waals surface area contributed by atoms with E-state index in [4.69, 9.17) is 0 Å². The fraction of sp³-hybridized carbons (Fsp3) is 0.211. The van der Waals surface area contributed by atoms with Gasteiger partial charge in [-0.3, -0.25) is 4.79 Å². The van der Waals surface area contributed by atoms with Crippen molar-refractivity contribution in [3.8, 4) is 5.69 Å². The number of amides is 1. The minimum absolute atomic E-state index is 0.00140. The lowest BCUT2D eigenvalue weighted by Gasteiger charge is -2.05. The molecular weight excluding hydrogens is 328 g/mol. The third kappa shape index (κ3) is 3.37. The SMILES string of the molecule is C/C(=N/NC(=O)[C@@H]1C[C@H]1c1ccccc1)c1cccc(-n2cnnn2)c1. The van der Waals surface area contributed by atoms with Crippen molar-refractivity contribution in [3.05, 3.63) is 72.1 Å². The maximum Gasteiger partial charge on any atom is 0.243 e. The second-order valence-electron chi connectivity index (χ2n) is 6.34. The molecule has 130 valence electrons. The lowest BCUT2D eigenvalue weighted by Crippen LogP contribution is -2.21. The molecule has 1 N–H and O–H groups in total. The summed E-state index contributed by atoms with van der Waals surface area (Å²) in [6.45, 7) is 1.86. The first kappa shape index (κ1) is 16.1. The van der Waals surface area contributed by atoms with E-state index < -0.39 is 0 Å². The number of aromatic nitrogens is 4. The molecule has 1 aliphatic rings. The van der Waals surface area contributed by atoms with Crippen molar-refractivity contribution in [2.24, 2.45) is 11.0 Å². The number of hydrazone groups is 1. The molecule has 0 aliphatic heterocycles. The van der Waals surface area contributed by atoms with Gasteiger partial charge in [-0.05, 0) is 52.9 Å². The maximum atomic E-state index is 12.3. The van der Waals surface area contributed by atoms with E-state index in [2.05, 4.69) is 38.2 Å². The zero-order valence-electron chi connectivity index (χ0n) is 14.3. The van der Waals surface area contributed by atoms with E-state index in [-0.39, 0.29) is 11.8 Å². The number of benzene rings is 2. The van der Waals surface area contributed by atoms with E-state index in [1.54, 1.807) is 4.68 Å². The highest BCUT2D eigenvalue weighted by molar-refractivity contribution is 5.99. The van der Waals surface area contributed by atoms with Crippen molar-refractivity contribution in [3.63, 3.8) is 0 Å². The highest BCUT2D eigenvalue weighted by Crippen LogP contribution is 2.47. The number of nitrogens with zero attached hydrogens (tertiary/aromatic N) is 5. The number of nitrogens with one attached hydrogen (secondary N) is 1. The molecule has 1 saturated carbocycles. The summed E-state index contributed by atoms with van der Waals surface area (Å²) < 4.78 is 1.57. The van der Waals surface area contributed by atoms with Crippen molar-refractivity contribution in [2.45, 2.75) is 19.3 Å². The van der Waals surface area contributed by atoms with Crippen LogP contribution in [-0.4, -0.2) is 31.8 Å². The molecule has 2 aromatic carbocycles. The molecule has 0 spiro atoms. The summed E-state index contributed by atoms with van der Waals surface area (Å²) in [5, 5.41) is 15.4. The Morgan fingerprint density at radius 1 is 1.19 bits per heavy atom. The molecule has 7 heteroatoms. The topological polar surface area (TPSA) is 85.1 Å². The van der Waals surface area contributed by atoms with E-state index in [1.807, 2.05) is 49.4 Å². The number of carbonyl (C=O) groups excluding carboxylic acids is 1. The molecule has 0 saturated heterocycles. The average molecular weight is 346 g/mol. The Hall–Kier alpha value is -3.35. The van der Waals surface area contributed by atoms with Gasteiger partial charge in [0.25, 0.3) is 0 Å². The van der Waals surface area contributed by atoms with Crippen molar-refractivity contribution in [2.75, 3.05) is 0 Å². The first-order valence-corrected chi connectivity index (χ1v) is 8.45. The van der Waals surface area contributed by atoms with E-state index in [0.717, 1.165) is 23.4 Å². The highest BCUT2D eigenvalue weighted by atomic mass is 16.2. The summed E-state index contributed by atoms with van der Waals surface area (Å²) in [6, 6.07) is 17.8. The van der Waals surface area contributed by atoms with E-state index >= 15 is 0 Å². The third-order valence-corrected chi connectivity index (χ3v) is 4.57. The van der Waals surface area contributed by atoms with Crippen molar-refractivity contribution < 1.29 is 4.79 Å². The normalized spacial score (nSPS) is 19.2. The van der Waals surface area contributed by atoms with Gasteiger partial charge in [0.05, 0.1) is 11.4 Å². The molecular formula is C19H18N6O. The van der Waals surface area contributed by atoms with Crippen LogP contribution < -0.4 is 5.43 Å². The molecule has 1 aromatic heterocycles. The molecule has 1 heterocycles. The van der Waals surface area contributed by atoms with Crippen LogP contribution in [0.2, 0.25) is 0 Å². The predicted octanol–water partition coefficient (Wildman–Crippen LogP) is 2.31. The van der Waals surface area contributed by atoms with Gasteiger partial charge in [0, 0.05) is 5.92 Å². The van der Waals surface area contributed by atoms with Crippen LogP contribution in [0.15, 0.2) is 66.0 Å². The first-order valence-electron chi connectivity index (χ1n) is 8.45. The van der Waals surface area contributed by atoms with Crippen LogP contribution in [0.3, 0.4) is 0 Å². The molecule has 1 aliphatic carbocycles. The van der Waals surface area contributed by atoms with Crippen molar-refractivity contribution in [1.29, 1.82) is 0 Å². The summed E-state index contributed by atoms with van der Waals surface area (Å²) in [5.74, 6) is 0.270. The Kier molecular flexibility index (Phi) is 4.27. The highest BCUT2D eigenvalue weighted by Gasteiger charge is 2.43. The standard InChI is InChI=1S/C19H18N6O/c1-13(15-8-5-9-16(10-15)25-12-20-23-24-25)21-22-19(26)18-11-17(18)14-6-3-2-4-7-14/h2-10,12,17-18H,11H2,1H3,(H,22,26)/b21-13-/t17-,18+/m0/s1. The monoisotopic (exact) mass is 346 g/mol. The van der Waals surface area contributed by atoms with Crippen LogP contribution in [-0.2, 0) is 4.79 Å². The Labute approximate surface area is 150 Å². The Balaban J connectivity index is 1.41. The van der Waals surface area contributed by atoms with Crippen molar-refractivity contribution in [1.82, 2.24) is 25.6 Å². The van der Waals surface area contributed by atoms with Crippen LogP contribution in [0.4, 0.5) is 0 Å². The largest absolute Gasteiger partial charge is 0.273 e. The zero-order valence-corrected chi connectivity index (χ0v) is 14.3. The summed E-state index contributed by atoms with van der Waals surface area (Å²) in [6.07, 6.45) is 2.41. The van der Waals surface area contributed by atoms with Crippen molar-refractivity contribution >= 4 is 11.6 Å². The number of hydrogen-bond donors (Lipinski definition) is 1. The maximum absolute atomic E-state index is 12.3. The molecule has 3 aromatic rings. The van der Waals surface area contributed by atoms with Gasteiger partial charge < -0.3 is 0 Å². The second kappa shape index (κ2) is 6.87.